The highest BCUT2D eigenvalue weighted by Gasteiger charge is 2.22. The summed E-state index contributed by atoms with van der Waals surface area (Å²) in [6.07, 6.45) is 2.19. The van der Waals surface area contributed by atoms with E-state index in [9.17, 15) is 4.79 Å². The topological polar surface area (TPSA) is 57.3 Å². The summed E-state index contributed by atoms with van der Waals surface area (Å²) in [5.41, 5.74) is 2.49. The van der Waals surface area contributed by atoms with Gasteiger partial charge in [-0.15, -0.1) is 0 Å². The molecule has 2 amide bonds. The molecule has 1 aliphatic rings. The van der Waals surface area contributed by atoms with Crippen LogP contribution in [0.25, 0.3) is 0 Å². The number of aryl methyl sites for hydroxylation is 2. The lowest BCUT2D eigenvalue weighted by atomic mass is 10.0. The van der Waals surface area contributed by atoms with Gasteiger partial charge in [0.15, 0.2) is 0 Å². The number of hydrogen-bond acceptors (Lipinski definition) is 4. The number of rotatable bonds is 3. The van der Waals surface area contributed by atoms with Gasteiger partial charge in [0.05, 0.1) is 5.69 Å². The number of nitrogens with zero attached hydrogens (tertiary/aromatic N) is 2. The molecule has 0 saturated carbocycles. The van der Waals surface area contributed by atoms with Crippen LogP contribution in [0, 0.1) is 13.8 Å². The molecule has 1 aromatic rings. The lowest BCUT2D eigenvalue weighted by molar-refractivity contribution is 0.180. The van der Waals surface area contributed by atoms with E-state index in [1.54, 1.807) is 18.6 Å². The van der Waals surface area contributed by atoms with Gasteiger partial charge in [-0.3, -0.25) is 4.90 Å². The molecule has 1 aliphatic heterocycles. The van der Waals surface area contributed by atoms with Crippen molar-refractivity contribution in [3.05, 3.63) is 16.1 Å². The smallest absolute Gasteiger partial charge is 0.314 e. The molecule has 1 unspecified atom stereocenters. The second-order valence-corrected chi connectivity index (χ2v) is 6.08. The van der Waals surface area contributed by atoms with Crippen LogP contribution in [-0.2, 0) is 6.54 Å². The van der Waals surface area contributed by atoms with E-state index in [1.807, 2.05) is 0 Å². The van der Waals surface area contributed by atoms with Gasteiger partial charge in [-0.2, -0.15) is 4.37 Å². The molecule has 19 heavy (non-hydrogen) atoms. The fourth-order valence-corrected chi connectivity index (χ4v) is 3.23. The Labute approximate surface area is 118 Å². The first-order valence-corrected chi connectivity index (χ1v) is 7.50. The number of aromatic nitrogens is 1. The Morgan fingerprint density at radius 2 is 2.32 bits per heavy atom. The molecule has 6 heteroatoms. The van der Waals surface area contributed by atoms with Crippen molar-refractivity contribution in [1.82, 2.24) is 19.9 Å². The Kier molecular flexibility index (Phi) is 4.76. The summed E-state index contributed by atoms with van der Waals surface area (Å²) in [7, 11) is 1.65. The largest absolute Gasteiger partial charge is 0.341 e. The number of carbonyl (C=O) groups excluding carboxylic acids is 1. The van der Waals surface area contributed by atoms with Crippen molar-refractivity contribution >= 4 is 17.6 Å². The molecule has 1 aromatic heterocycles. The normalized spacial score (nSPS) is 20.3. The van der Waals surface area contributed by atoms with E-state index >= 15 is 0 Å². The zero-order valence-corrected chi connectivity index (χ0v) is 12.6. The number of amides is 2. The van der Waals surface area contributed by atoms with E-state index in [1.165, 1.54) is 10.4 Å². The summed E-state index contributed by atoms with van der Waals surface area (Å²) in [6, 6.07) is 0.164. The average Bonchev–Trinajstić information content (AvgIpc) is 2.71. The second-order valence-electron chi connectivity index (χ2n) is 5.10. The first kappa shape index (κ1) is 14.3. The lowest BCUT2D eigenvalue weighted by Gasteiger charge is -2.33. The van der Waals surface area contributed by atoms with Gasteiger partial charge in [0.1, 0.15) is 0 Å². The molecule has 1 saturated heterocycles. The van der Waals surface area contributed by atoms with Crippen molar-refractivity contribution in [2.24, 2.45) is 0 Å². The van der Waals surface area contributed by atoms with Gasteiger partial charge in [-0.25, -0.2) is 4.79 Å². The quantitative estimate of drug-likeness (QED) is 0.886. The van der Waals surface area contributed by atoms with Gasteiger partial charge in [0.2, 0.25) is 0 Å². The molecule has 0 radical (unpaired) electrons. The van der Waals surface area contributed by atoms with Crippen LogP contribution in [0.1, 0.15) is 29.0 Å². The highest BCUT2D eigenvalue weighted by atomic mass is 32.1. The zero-order valence-electron chi connectivity index (χ0n) is 11.8. The van der Waals surface area contributed by atoms with Crippen LogP contribution in [0.3, 0.4) is 0 Å². The van der Waals surface area contributed by atoms with Crippen molar-refractivity contribution in [2.45, 2.75) is 39.3 Å². The Morgan fingerprint density at radius 3 is 2.95 bits per heavy atom. The van der Waals surface area contributed by atoms with E-state index < -0.39 is 0 Å². The van der Waals surface area contributed by atoms with Crippen molar-refractivity contribution in [3.63, 3.8) is 0 Å². The molecule has 1 atom stereocenters. The molecule has 0 aliphatic carbocycles. The second kappa shape index (κ2) is 6.34. The molecule has 0 spiro atoms. The maximum Gasteiger partial charge on any atom is 0.314 e. The summed E-state index contributed by atoms with van der Waals surface area (Å²) >= 11 is 1.58. The van der Waals surface area contributed by atoms with Crippen LogP contribution < -0.4 is 10.6 Å². The minimum Gasteiger partial charge on any atom is -0.341 e. The molecule has 2 heterocycles. The molecule has 5 nitrogen and oxygen atoms in total. The summed E-state index contributed by atoms with van der Waals surface area (Å²) in [4.78, 5) is 15.1. The lowest BCUT2D eigenvalue weighted by Crippen LogP contribution is -2.49. The maximum atomic E-state index is 11.4. The van der Waals surface area contributed by atoms with Crippen LogP contribution in [0.5, 0.6) is 0 Å². The Balaban J connectivity index is 1.92. The molecule has 2 rings (SSSR count). The van der Waals surface area contributed by atoms with Crippen molar-refractivity contribution in [1.29, 1.82) is 0 Å². The number of likely N-dealkylation sites (tertiary alicyclic amines) is 1. The van der Waals surface area contributed by atoms with Crippen LogP contribution in [0.2, 0.25) is 0 Å². The molecule has 2 N–H and O–H groups in total. The first-order valence-electron chi connectivity index (χ1n) is 6.72. The number of urea groups is 1. The Bertz CT molecular complexity index is 426. The van der Waals surface area contributed by atoms with E-state index in [2.05, 4.69) is 33.8 Å². The standard InChI is InChI=1S/C13H22N4OS/c1-9-12(10(2)19-16-9)8-17-6-4-5-11(7-17)15-13(18)14-3/h11H,4-8H2,1-3H3,(H2,14,15,18). The summed E-state index contributed by atoms with van der Waals surface area (Å²) in [5.74, 6) is 0. The van der Waals surface area contributed by atoms with E-state index in [0.29, 0.717) is 0 Å². The first-order chi connectivity index (χ1) is 9.10. The molecule has 0 aromatic carbocycles. The van der Waals surface area contributed by atoms with Crippen molar-refractivity contribution in [2.75, 3.05) is 20.1 Å². The van der Waals surface area contributed by atoms with E-state index in [4.69, 9.17) is 0 Å². The van der Waals surface area contributed by atoms with Gasteiger partial charge in [-0.05, 0) is 44.8 Å². The van der Waals surface area contributed by atoms with Gasteiger partial charge < -0.3 is 10.6 Å². The van der Waals surface area contributed by atoms with Crippen LogP contribution in [0.4, 0.5) is 4.79 Å². The van der Waals surface area contributed by atoms with Gasteiger partial charge in [-0.1, -0.05) is 0 Å². The maximum absolute atomic E-state index is 11.4. The van der Waals surface area contributed by atoms with E-state index in [-0.39, 0.29) is 12.1 Å². The molecular formula is C13H22N4OS. The predicted octanol–water partition coefficient (Wildman–Crippen LogP) is 1.65. The summed E-state index contributed by atoms with van der Waals surface area (Å²) in [5, 5.41) is 5.62. The number of piperidine rings is 1. The minimum atomic E-state index is -0.0867. The highest BCUT2D eigenvalue weighted by Crippen LogP contribution is 2.21. The highest BCUT2D eigenvalue weighted by molar-refractivity contribution is 7.05. The van der Waals surface area contributed by atoms with Crippen LogP contribution in [0.15, 0.2) is 0 Å². The van der Waals surface area contributed by atoms with E-state index in [0.717, 1.165) is 38.2 Å². The number of hydrogen-bond donors (Lipinski definition) is 2. The summed E-state index contributed by atoms with van der Waals surface area (Å²) in [6.45, 7) is 7.16. The zero-order chi connectivity index (χ0) is 13.8. The average molecular weight is 282 g/mol. The fourth-order valence-electron chi connectivity index (χ4n) is 2.53. The molecule has 106 valence electrons. The minimum absolute atomic E-state index is 0.0867. The van der Waals surface area contributed by atoms with Gasteiger partial charge in [0, 0.05) is 36.6 Å². The number of carbonyl (C=O) groups is 1. The number of nitrogens with one attached hydrogen (secondary N) is 2. The van der Waals surface area contributed by atoms with Crippen LogP contribution in [-0.4, -0.2) is 41.5 Å². The predicted molar refractivity (Wildman–Crippen MR) is 77.5 cm³/mol. The van der Waals surface area contributed by atoms with Crippen LogP contribution >= 0.6 is 11.5 Å². The third-order valence-corrected chi connectivity index (χ3v) is 4.52. The van der Waals surface area contributed by atoms with Crippen molar-refractivity contribution in [3.8, 4) is 0 Å². The SMILES string of the molecule is CNC(=O)NC1CCCN(Cc2c(C)nsc2C)C1. The Hall–Kier alpha value is -1.14. The Morgan fingerprint density at radius 1 is 1.53 bits per heavy atom. The fraction of sp³-hybridized carbons (Fsp3) is 0.692. The summed E-state index contributed by atoms with van der Waals surface area (Å²) < 4.78 is 4.40. The molecule has 1 fully saturated rings. The van der Waals surface area contributed by atoms with Crippen molar-refractivity contribution < 1.29 is 4.79 Å². The third kappa shape index (κ3) is 3.67. The van der Waals surface area contributed by atoms with Gasteiger partial charge >= 0.3 is 6.03 Å². The van der Waals surface area contributed by atoms with Gasteiger partial charge in [0.25, 0.3) is 0 Å². The molecule has 0 bridgehead atoms. The molecular weight excluding hydrogens is 260 g/mol. The third-order valence-electron chi connectivity index (χ3n) is 3.63. The monoisotopic (exact) mass is 282 g/mol.